The summed E-state index contributed by atoms with van der Waals surface area (Å²) in [7, 11) is 1.66. The van der Waals surface area contributed by atoms with Crippen LogP contribution in [0.5, 0.6) is 5.75 Å². The van der Waals surface area contributed by atoms with Crippen molar-refractivity contribution in [3.8, 4) is 5.75 Å². The maximum atomic E-state index is 12.8. The number of piperazine rings is 1. The number of nitrogens with zero attached hydrogens (tertiary/aromatic N) is 2. The molecule has 1 aliphatic rings. The summed E-state index contributed by atoms with van der Waals surface area (Å²) in [5.74, 6) is 1.00. The van der Waals surface area contributed by atoms with Gasteiger partial charge in [0.1, 0.15) is 5.75 Å². The number of methoxy groups -OCH3 is 1. The van der Waals surface area contributed by atoms with E-state index in [4.69, 9.17) is 4.74 Å². The Morgan fingerprint density at radius 3 is 2.30 bits per heavy atom. The normalized spacial score (nSPS) is 16.6. The highest BCUT2D eigenvalue weighted by Gasteiger charge is 2.20. The molecule has 122 valence electrons. The number of ketones is 1. The lowest BCUT2D eigenvalue weighted by Gasteiger charge is -2.33. The van der Waals surface area contributed by atoms with E-state index in [0.717, 1.165) is 54.8 Å². The number of rotatable bonds is 5. The maximum Gasteiger partial charge on any atom is 0.177 e. The van der Waals surface area contributed by atoms with Gasteiger partial charge in [-0.15, -0.1) is 0 Å². The summed E-state index contributed by atoms with van der Waals surface area (Å²) < 4.78 is 5.41. The lowest BCUT2D eigenvalue weighted by Crippen LogP contribution is -2.47. The molecule has 0 atom stereocenters. The van der Waals surface area contributed by atoms with Crippen LogP contribution in [0.25, 0.3) is 10.8 Å². The molecule has 0 bridgehead atoms. The molecule has 2 aromatic rings. The van der Waals surface area contributed by atoms with E-state index >= 15 is 0 Å². The fourth-order valence-corrected chi connectivity index (χ4v) is 3.24. The van der Waals surface area contributed by atoms with Gasteiger partial charge in [0.05, 0.1) is 13.7 Å². The number of Topliss-reactive ketones (excluding diaryl/α,β-unsaturated/α-hetero) is 1. The van der Waals surface area contributed by atoms with E-state index < -0.39 is 0 Å². The van der Waals surface area contributed by atoms with Crippen LogP contribution in [0.4, 0.5) is 0 Å². The van der Waals surface area contributed by atoms with E-state index in [1.165, 1.54) is 0 Å². The predicted molar refractivity (Wildman–Crippen MR) is 93.4 cm³/mol. The first-order valence-electron chi connectivity index (χ1n) is 8.26. The molecule has 3 rings (SSSR count). The minimum absolute atomic E-state index is 0.189. The summed E-state index contributed by atoms with van der Waals surface area (Å²) in [5.41, 5.74) is 0.791. The van der Waals surface area contributed by atoms with Crippen LogP contribution in [0.1, 0.15) is 17.3 Å². The summed E-state index contributed by atoms with van der Waals surface area (Å²) in [6.07, 6.45) is 0. The Morgan fingerprint density at radius 2 is 1.65 bits per heavy atom. The van der Waals surface area contributed by atoms with Crippen LogP contribution < -0.4 is 4.74 Å². The van der Waals surface area contributed by atoms with Gasteiger partial charge in [0.15, 0.2) is 5.78 Å². The highest BCUT2D eigenvalue weighted by atomic mass is 16.5. The molecule has 0 aliphatic carbocycles. The number of hydrogen-bond acceptors (Lipinski definition) is 4. The lowest BCUT2D eigenvalue weighted by molar-refractivity contribution is 0.0860. The van der Waals surface area contributed by atoms with Crippen LogP contribution in [-0.4, -0.2) is 62.0 Å². The summed E-state index contributed by atoms with van der Waals surface area (Å²) in [6, 6.07) is 11.7. The van der Waals surface area contributed by atoms with Crippen molar-refractivity contribution in [3.63, 3.8) is 0 Å². The molecule has 2 aromatic carbocycles. The Balaban J connectivity index is 1.79. The van der Waals surface area contributed by atoms with Gasteiger partial charge in [0.25, 0.3) is 0 Å². The highest BCUT2D eigenvalue weighted by Crippen LogP contribution is 2.28. The number of likely N-dealkylation sites (N-methyl/N-ethyl adjacent to an activating group) is 1. The summed E-state index contributed by atoms with van der Waals surface area (Å²) in [6.45, 7) is 7.80. The zero-order valence-corrected chi connectivity index (χ0v) is 13.9. The van der Waals surface area contributed by atoms with Gasteiger partial charge in [-0.05, 0) is 24.1 Å². The molecule has 0 spiro atoms. The molecule has 1 aliphatic heterocycles. The SMILES string of the molecule is CCN1CCN(CC(=O)c2ccc(OC)c3ccccc23)CC1. The minimum Gasteiger partial charge on any atom is -0.496 e. The molecule has 0 aromatic heterocycles. The minimum atomic E-state index is 0.189. The van der Waals surface area contributed by atoms with Crippen LogP contribution in [0, 0.1) is 0 Å². The Labute approximate surface area is 137 Å². The van der Waals surface area contributed by atoms with E-state index in [9.17, 15) is 4.79 Å². The zero-order valence-electron chi connectivity index (χ0n) is 13.9. The lowest BCUT2D eigenvalue weighted by atomic mass is 10.00. The van der Waals surface area contributed by atoms with E-state index in [1.807, 2.05) is 36.4 Å². The van der Waals surface area contributed by atoms with Crippen LogP contribution in [0.2, 0.25) is 0 Å². The van der Waals surface area contributed by atoms with Crippen molar-refractivity contribution in [3.05, 3.63) is 42.0 Å². The third-order valence-corrected chi connectivity index (χ3v) is 4.68. The Kier molecular flexibility index (Phi) is 4.94. The molecule has 0 unspecified atom stereocenters. The van der Waals surface area contributed by atoms with E-state index in [1.54, 1.807) is 7.11 Å². The Bertz CT molecular complexity index is 691. The molecule has 23 heavy (non-hydrogen) atoms. The molecular formula is C19H24N2O2. The monoisotopic (exact) mass is 312 g/mol. The fraction of sp³-hybridized carbons (Fsp3) is 0.421. The summed E-state index contributed by atoms with van der Waals surface area (Å²) in [4.78, 5) is 17.5. The summed E-state index contributed by atoms with van der Waals surface area (Å²) >= 11 is 0. The molecule has 0 amide bonds. The molecule has 4 heteroatoms. The smallest absolute Gasteiger partial charge is 0.177 e. The van der Waals surface area contributed by atoms with Crippen molar-refractivity contribution in [2.45, 2.75) is 6.92 Å². The van der Waals surface area contributed by atoms with E-state index in [0.29, 0.717) is 6.54 Å². The molecular weight excluding hydrogens is 288 g/mol. The second-order valence-corrected chi connectivity index (χ2v) is 5.99. The van der Waals surface area contributed by atoms with Gasteiger partial charge in [-0.2, -0.15) is 0 Å². The quantitative estimate of drug-likeness (QED) is 0.795. The van der Waals surface area contributed by atoms with Crippen molar-refractivity contribution in [2.24, 2.45) is 0 Å². The standard InChI is InChI=1S/C19H24N2O2/c1-3-20-10-12-21(13-11-20)14-18(22)16-8-9-19(23-2)17-7-5-4-6-15(16)17/h4-9H,3,10-14H2,1-2H3. The first kappa shape index (κ1) is 16.0. The second kappa shape index (κ2) is 7.11. The Hall–Kier alpha value is -1.91. The average molecular weight is 312 g/mol. The third kappa shape index (κ3) is 3.38. The van der Waals surface area contributed by atoms with Crippen molar-refractivity contribution in [1.82, 2.24) is 9.80 Å². The Morgan fingerprint density at radius 1 is 1.00 bits per heavy atom. The van der Waals surface area contributed by atoms with Gasteiger partial charge >= 0.3 is 0 Å². The molecule has 0 saturated carbocycles. The van der Waals surface area contributed by atoms with Crippen molar-refractivity contribution < 1.29 is 9.53 Å². The first-order chi connectivity index (χ1) is 11.2. The van der Waals surface area contributed by atoms with Crippen molar-refractivity contribution in [2.75, 3.05) is 46.4 Å². The fourth-order valence-electron chi connectivity index (χ4n) is 3.24. The average Bonchev–Trinajstić information content (AvgIpc) is 2.61. The molecule has 1 saturated heterocycles. The topological polar surface area (TPSA) is 32.8 Å². The van der Waals surface area contributed by atoms with Gasteiger partial charge in [-0.3, -0.25) is 9.69 Å². The number of ether oxygens (including phenoxy) is 1. The maximum absolute atomic E-state index is 12.8. The van der Waals surface area contributed by atoms with Crippen LogP contribution in [0.3, 0.4) is 0 Å². The number of hydrogen-bond donors (Lipinski definition) is 0. The largest absolute Gasteiger partial charge is 0.496 e. The zero-order chi connectivity index (χ0) is 16.2. The van der Waals surface area contributed by atoms with Gasteiger partial charge in [0.2, 0.25) is 0 Å². The number of carbonyl (C=O) groups excluding carboxylic acids is 1. The van der Waals surface area contributed by atoms with Gasteiger partial charge in [0, 0.05) is 37.1 Å². The molecule has 1 fully saturated rings. The molecule has 1 heterocycles. The van der Waals surface area contributed by atoms with Crippen molar-refractivity contribution in [1.29, 1.82) is 0 Å². The van der Waals surface area contributed by atoms with Crippen LogP contribution >= 0.6 is 0 Å². The highest BCUT2D eigenvalue weighted by molar-refractivity contribution is 6.10. The van der Waals surface area contributed by atoms with Crippen LogP contribution in [-0.2, 0) is 0 Å². The molecule has 4 nitrogen and oxygen atoms in total. The molecule has 0 radical (unpaired) electrons. The number of carbonyl (C=O) groups is 1. The number of benzene rings is 2. The van der Waals surface area contributed by atoms with Gasteiger partial charge in [-0.25, -0.2) is 0 Å². The molecule has 0 N–H and O–H groups in total. The second-order valence-electron chi connectivity index (χ2n) is 5.99. The van der Waals surface area contributed by atoms with Crippen molar-refractivity contribution >= 4 is 16.6 Å². The van der Waals surface area contributed by atoms with E-state index in [-0.39, 0.29) is 5.78 Å². The van der Waals surface area contributed by atoms with E-state index in [2.05, 4.69) is 16.7 Å². The number of fused-ring (bicyclic) bond motifs is 1. The van der Waals surface area contributed by atoms with Gasteiger partial charge < -0.3 is 9.64 Å². The van der Waals surface area contributed by atoms with Gasteiger partial charge in [-0.1, -0.05) is 31.2 Å². The predicted octanol–water partition coefficient (Wildman–Crippen LogP) is 2.67. The third-order valence-electron chi connectivity index (χ3n) is 4.68. The summed E-state index contributed by atoms with van der Waals surface area (Å²) in [5, 5.41) is 1.97. The first-order valence-corrected chi connectivity index (χ1v) is 8.26. The van der Waals surface area contributed by atoms with Crippen LogP contribution in [0.15, 0.2) is 36.4 Å².